The lowest BCUT2D eigenvalue weighted by molar-refractivity contribution is -0.384. The fourth-order valence-corrected chi connectivity index (χ4v) is 2.64. The van der Waals surface area contributed by atoms with E-state index in [0.29, 0.717) is 17.1 Å². The number of nitro benzene ring substituents is 1. The van der Waals surface area contributed by atoms with Gasteiger partial charge in [-0.3, -0.25) is 14.9 Å². The van der Waals surface area contributed by atoms with E-state index < -0.39 is 4.92 Å². The van der Waals surface area contributed by atoms with Gasteiger partial charge in [-0.25, -0.2) is 5.43 Å². The monoisotopic (exact) mass is 383 g/mol. The lowest BCUT2D eigenvalue weighted by atomic mass is 10.1. The van der Waals surface area contributed by atoms with Gasteiger partial charge in [-0.2, -0.15) is 5.10 Å². The number of furan rings is 1. The van der Waals surface area contributed by atoms with Gasteiger partial charge in [-0.05, 0) is 23.8 Å². The molecule has 0 aliphatic rings. The molecule has 3 rings (SSSR count). The van der Waals surface area contributed by atoms with E-state index in [1.807, 2.05) is 30.3 Å². The summed E-state index contributed by atoms with van der Waals surface area (Å²) in [7, 11) is 0. The number of carbonyl (C=O) groups is 1. The first-order valence-corrected chi connectivity index (χ1v) is 8.31. The molecule has 1 amide bonds. The van der Waals surface area contributed by atoms with E-state index in [-0.39, 0.29) is 23.0 Å². The first-order chi connectivity index (χ1) is 13.0. The topological polar surface area (TPSA) is 97.7 Å². The summed E-state index contributed by atoms with van der Waals surface area (Å²) < 4.78 is 5.60. The number of amides is 1. The number of nitro groups is 1. The van der Waals surface area contributed by atoms with Crippen molar-refractivity contribution in [2.75, 3.05) is 0 Å². The highest BCUT2D eigenvalue weighted by atomic mass is 35.5. The molecule has 7 nitrogen and oxygen atoms in total. The van der Waals surface area contributed by atoms with E-state index in [4.69, 9.17) is 16.0 Å². The molecule has 0 atom stereocenters. The second-order valence-electron chi connectivity index (χ2n) is 5.58. The summed E-state index contributed by atoms with van der Waals surface area (Å²) in [6.45, 7) is 0. The molecule has 0 bridgehead atoms. The van der Waals surface area contributed by atoms with Crippen LogP contribution in [0.5, 0.6) is 0 Å². The van der Waals surface area contributed by atoms with E-state index in [2.05, 4.69) is 10.5 Å². The molecule has 0 aliphatic carbocycles. The number of hydrogen-bond acceptors (Lipinski definition) is 5. The van der Waals surface area contributed by atoms with Crippen LogP contribution in [0.15, 0.2) is 70.2 Å². The van der Waals surface area contributed by atoms with E-state index in [9.17, 15) is 14.9 Å². The molecule has 0 fully saturated rings. The minimum Gasteiger partial charge on any atom is -0.455 e. The van der Waals surface area contributed by atoms with E-state index in [1.54, 1.807) is 12.1 Å². The van der Waals surface area contributed by atoms with Crippen LogP contribution in [0.3, 0.4) is 0 Å². The first-order valence-electron chi connectivity index (χ1n) is 7.93. The Morgan fingerprint density at radius 3 is 2.67 bits per heavy atom. The Kier molecular flexibility index (Phi) is 5.63. The summed E-state index contributed by atoms with van der Waals surface area (Å²) >= 11 is 6.09. The molecule has 0 unspecified atom stereocenters. The molecule has 2 aromatic carbocycles. The Morgan fingerprint density at radius 1 is 1.19 bits per heavy atom. The number of halogens is 1. The zero-order valence-electron chi connectivity index (χ0n) is 14.0. The molecule has 1 aromatic heterocycles. The SMILES string of the molecule is O=C(Cc1ccccc1)NN=Cc1ccc(-c2ccc([N+](=O)[O-])cc2Cl)o1. The molecule has 0 radical (unpaired) electrons. The summed E-state index contributed by atoms with van der Waals surface area (Å²) in [4.78, 5) is 22.1. The molecule has 27 heavy (non-hydrogen) atoms. The molecule has 0 saturated carbocycles. The number of nitrogens with zero attached hydrogens (tertiary/aromatic N) is 2. The maximum atomic E-state index is 11.8. The first kappa shape index (κ1) is 18.3. The number of nitrogens with one attached hydrogen (secondary N) is 1. The van der Waals surface area contributed by atoms with Crippen molar-refractivity contribution in [3.8, 4) is 11.3 Å². The Morgan fingerprint density at radius 2 is 1.96 bits per heavy atom. The van der Waals surface area contributed by atoms with Crippen molar-refractivity contribution in [1.82, 2.24) is 5.43 Å². The maximum absolute atomic E-state index is 11.8. The molecule has 0 spiro atoms. The van der Waals surface area contributed by atoms with Crippen LogP contribution >= 0.6 is 11.6 Å². The van der Waals surface area contributed by atoms with Crippen LogP contribution < -0.4 is 5.43 Å². The Bertz CT molecular complexity index is 999. The van der Waals surface area contributed by atoms with Gasteiger partial charge in [0.25, 0.3) is 5.69 Å². The van der Waals surface area contributed by atoms with Gasteiger partial charge in [-0.15, -0.1) is 0 Å². The highest BCUT2D eigenvalue weighted by Gasteiger charge is 2.13. The molecule has 1 N–H and O–H groups in total. The smallest absolute Gasteiger partial charge is 0.270 e. The highest BCUT2D eigenvalue weighted by molar-refractivity contribution is 6.33. The minimum absolute atomic E-state index is 0.0989. The van der Waals surface area contributed by atoms with Crippen molar-refractivity contribution < 1.29 is 14.1 Å². The van der Waals surface area contributed by atoms with Crippen LogP contribution in [0.2, 0.25) is 5.02 Å². The van der Waals surface area contributed by atoms with Crippen LogP contribution in [0, 0.1) is 10.1 Å². The number of benzene rings is 2. The average molecular weight is 384 g/mol. The summed E-state index contributed by atoms with van der Waals surface area (Å²) in [5.41, 5.74) is 3.74. The number of carbonyl (C=O) groups excluding carboxylic acids is 1. The second kappa shape index (κ2) is 8.29. The van der Waals surface area contributed by atoms with E-state index >= 15 is 0 Å². The van der Waals surface area contributed by atoms with Gasteiger partial charge < -0.3 is 4.42 Å². The third-order valence-corrected chi connectivity index (χ3v) is 3.96. The number of rotatable bonds is 6. The van der Waals surface area contributed by atoms with Gasteiger partial charge in [-0.1, -0.05) is 41.9 Å². The van der Waals surface area contributed by atoms with Crippen molar-refractivity contribution in [3.05, 3.63) is 87.1 Å². The maximum Gasteiger partial charge on any atom is 0.270 e. The lowest BCUT2D eigenvalue weighted by Gasteiger charge is -2.00. The number of hydrogen-bond donors (Lipinski definition) is 1. The highest BCUT2D eigenvalue weighted by Crippen LogP contribution is 2.31. The number of non-ortho nitro benzene ring substituents is 1. The zero-order chi connectivity index (χ0) is 19.2. The summed E-state index contributed by atoms with van der Waals surface area (Å²) in [6, 6.07) is 16.8. The zero-order valence-corrected chi connectivity index (χ0v) is 14.7. The van der Waals surface area contributed by atoms with Gasteiger partial charge in [0.05, 0.1) is 22.6 Å². The number of hydrazone groups is 1. The quantitative estimate of drug-likeness (QED) is 0.391. The van der Waals surface area contributed by atoms with Gasteiger partial charge >= 0.3 is 0 Å². The predicted molar refractivity (Wildman–Crippen MR) is 102 cm³/mol. The standard InChI is InChI=1S/C19H14ClN3O4/c20-17-11-14(23(25)26)6-8-16(17)18-9-7-15(27-18)12-21-22-19(24)10-13-4-2-1-3-5-13/h1-9,11-12H,10H2,(H,22,24). The molecule has 0 saturated heterocycles. The molecular weight excluding hydrogens is 370 g/mol. The molecule has 8 heteroatoms. The molecule has 3 aromatic rings. The van der Waals surface area contributed by atoms with E-state index in [0.717, 1.165) is 5.56 Å². The normalized spacial score (nSPS) is 10.9. The lowest BCUT2D eigenvalue weighted by Crippen LogP contribution is -2.19. The average Bonchev–Trinajstić information content (AvgIpc) is 3.11. The van der Waals surface area contributed by atoms with Gasteiger partial charge in [0.15, 0.2) is 0 Å². The van der Waals surface area contributed by atoms with Gasteiger partial charge in [0.2, 0.25) is 5.91 Å². The predicted octanol–water partition coefficient (Wildman–Crippen LogP) is 4.20. The molecule has 0 aliphatic heterocycles. The third kappa shape index (κ3) is 4.80. The summed E-state index contributed by atoms with van der Waals surface area (Å²) in [6.07, 6.45) is 1.59. The Balaban J connectivity index is 1.63. The fraction of sp³-hybridized carbons (Fsp3) is 0.0526. The Labute approximate surface area is 159 Å². The van der Waals surface area contributed by atoms with Crippen molar-refractivity contribution in [2.24, 2.45) is 5.10 Å². The summed E-state index contributed by atoms with van der Waals surface area (Å²) in [5.74, 6) is 0.592. The van der Waals surface area contributed by atoms with Crippen LogP contribution in [-0.2, 0) is 11.2 Å². The van der Waals surface area contributed by atoms with Crippen molar-refractivity contribution in [2.45, 2.75) is 6.42 Å². The van der Waals surface area contributed by atoms with Gasteiger partial charge in [0, 0.05) is 17.7 Å². The third-order valence-electron chi connectivity index (χ3n) is 3.64. The van der Waals surface area contributed by atoms with E-state index in [1.165, 1.54) is 24.4 Å². The van der Waals surface area contributed by atoms with Crippen molar-refractivity contribution in [1.29, 1.82) is 0 Å². The van der Waals surface area contributed by atoms with Crippen molar-refractivity contribution in [3.63, 3.8) is 0 Å². The molecule has 1 heterocycles. The van der Waals surface area contributed by atoms with Crippen LogP contribution in [0.1, 0.15) is 11.3 Å². The fourth-order valence-electron chi connectivity index (χ4n) is 2.37. The van der Waals surface area contributed by atoms with Crippen molar-refractivity contribution >= 4 is 29.4 Å². The van der Waals surface area contributed by atoms with Gasteiger partial charge in [0.1, 0.15) is 11.5 Å². The molecular formula is C19H14ClN3O4. The second-order valence-corrected chi connectivity index (χ2v) is 5.99. The minimum atomic E-state index is -0.520. The van der Waals surface area contributed by atoms with Crippen LogP contribution in [0.4, 0.5) is 5.69 Å². The molecule has 136 valence electrons. The van der Waals surface area contributed by atoms with Crippen LogP contribution in [0.25, 0.3) is 11.3 Å². The largest absolute Gasteiger partial charge is 0.455 e. The summed E-state index contributed by atoms with van der Waals surface area (Å²) in [5, 5.41) is 14.8. The van der Waals surface area contributed by atoms with Crippen LogP contribution in [-0.4, -0.2) is 17.0 Å². The Hall–Kier alpha value is -3.45.